The van der Waals surface area contributed by atoms with E-state index in [9.17, 15) is 4.79 Å². The molecule has 6 nitrogen and oxygen atoms in total. The van der Waals surface area contributed by atoms with Gasteiger partial charge in [-0.05, 0) is 43.9 Å². The van der Waals surface area contributed by atoms with Gasteiger partial charge in [0.05, 0.1) is 13.2 Å². The molecule has 0 aliphatic carbocycles. The molecule has 28 heavy (non-hydrogen) atoms. The second kappa shape index (κ2) is 9.26. The molecule has 148 valence electrons. The van der Waals surface area contributed by atoms with Gasteiger partial charge in [-0.25, -0.2) is 9.97 Å². The van der Waals surface area contributed by atoms with Crippen molar-refractivity contribution in [1.29, 1.82) is 0 Å². The highest BCUT2D eigenvalue weighted by Crippen LogP contribution is 2.23. The number of aromatic nitrogens is 2. The topological polar surface area (TPSA) is 58.6 Å². The molecule has 2 aliphatic rings. The van der Waals surface area contributed by atoms with E-state index >= 15 is 0 Å². The zero-order chi connectivity index (χ0) is 19.2. The van der Waals surface area contributed by atoms with Crippen LogP contribution in [0.15, 0.2) is 42.7 Å². The van der Waals surface area contributed by atoms with E-state index in [1.54, 1.807) is 18.5 Å². The summed E-state index contributed by atoms with van der Waals surface area (Å²) < 4.78 is 5.44. The number of amides is 1. The van der Waals surface area contributed by atoms with Crippen LogP contribution in [0.2, 0.25) is 0 Å². The third-order valence-electron chi connectivity index (χ3n) is 5.73. The van der Waals surface area contributed by atoms with E-state index < -0.39 is 0 Å². The van der Waals surface area contributed by atoms with Gasteiger partial charge in [0.15, 0.2) is 5.82 Å². The number of piperidine rings is 1. The lowest BCUT2D eigenvalue weighted by Gasteiger charge is -2.37. The SMILES string of the molecule is O=C(c1ccc(-c2ncccn2)cc1)N1CCCCC1CCN1CCOCC1. The number of benzene rings is 1. The molecule has 3 heterocycles. The molecule has 4 rings (SSSR count). The number of rotatable bonds is 5. The van der Waals surface area contributed by atoms with Crippen LogP contribution in [0.3, 0.4) is 0 Å². The molecule has 2 aliphatic heterocycles. The van der Waals surface area contributed by atoms with Crippen LogP contribution in [-0.2, 0) is 4.74 Å². The zero-order valence-electron chi connectivity index (χ0n) is 16.3. The normalized spacial score (nSPS) is 20.9. The molecule has 1 unspecified atom stereocenters. The summed E-state index contributed by atoms with van der Waals surface area (Å²) in [5.41, 5.74) is 1.68. The Balaban J connectivity index is 1.41. The standard InChI is InChI=1S/C22H28N4O2/c27-22(19-7-5-18(6-8-19)21-23-10-3-11-24-21)26-12-2-1-4-20(26)9-13-25-14-16-28-17-15-25/h3,5-8,10-11,20H,1-2,4,9,12-17H2. The fourth-order valence-corrected chi connectivity index (χ4v) is 4.10. The van der Waals surface area contributed by atoms with Gasteiger partial charge in [0.2, 0.25) is 0 Å². The van der Waals surface area contributed by atoms with Crippen molar-refractivity contribution in [3.05, 3.63) is 48.3 Å². The third-order valence-corrected chi connectivity index (χ3v) is 5.73. The lowest BCUT2D eigenvalue weighted by Crippen LogP contribution is -2.46. The second-order valence-corrected chi connectivity index (χ2v) is 7.54. The summed E-state index contributed by atoms with van der Waals surface area (Å²) in [6.45, 7) is 5.56. The minimum atomic E-state index is 0.146. The highest BCUT2D eigenvalue weighted by Gasteiger charge is 2.28. The van der Waals surface area contributed by atoms with Crippen LogP contribution in [0.1, 0.15) is 36.0 Å². The Morgan fingerprint density at radius 1 is 1.04 bits per heavy atom. The van der Waals surface area contributed by atoms with Crippen LogP contribution in [0.5, 0.6) is 0 Å². The molecular weight excluding hydrogens is 352 g/mol. The first-order chi connectivity index (χ1) is 13.8. The van der Waals surface area contributed by atoms with Crippen molar-refractivity contribution in [2.24, 2.45) is 0 Å². The summed E-state index contributed by atoms with van der Waals surface area (Å²) in [6, 6.07) is 9.82. The van der Waals surface area contributed by atoms with Gasteiger partial charge < -0.3 is 9.64 Å². The number of hydrogen-bond acceptors (Lipinski definition) is 5. The van der Waals surface area contributed by atoms with Gasteiger partial charge in [-0.1, -0.05) is 12.1 Å². The van der Waals surface area contributed by atoms with Crippen LogP contribution in [0, 0.1) is 0 Å². The Labute approximate surface area is 166 Å². The van der Waals surface area contributed by atoms with E-state index in [1.165, 1.54) is 6.42 Å². The first-order valence-corrected chi connectivity index (χ1v) is 10.3. The lowest BCUT2D eigenvalue weighted by atomic mass is 9.97. The summed E-state index contributed by atoms with van der Waals surface area (Å²) >= 11 is 0. The summed E-state index contributed by atoms with van der Waals surface area (Å²) in [4.78, 5) is 26.3. The maximum absolute atomic E-state index is 13.2. The molecule has 1 aromatic carbocycles. The van der Waals surface area contributed by atoms with Crippen LogP contribution in [0.4, 0.5) is 0 Å². The lowest BCUT2D eigenvalue weighted by molar-refractivity contribution is 0.0296. The van der Waals surface area contributed by atoms with Crippen LogP contribution >= 0.6 is 0 Å². The predicted octanol–water partition coefficient (Wildman–Crippen LogP) is 2.86. The molecule has 0 radical (unpaired) electrons. The van der Waals surface area contributed by atoms with E-state index in [2.05, 4.69) is 19.8 Å². The van der Waals surface area contributed by atoms with Gasteiger partial charge >= 0.3 is 0 Å². The summed E-state index contributed by atoms with van der Waals surface area (Å²) in [5.74, 6) is 0.829. The average molecular weight is 380 g/mol. The van der Waals surface area contributed by atoms with Gasteiger partial charge in [-0.15, -0.1) is 0 Å². The Kier molecular flexibility index (Phi) is 6.29. The maximum Gasteiger partial charge on any atom is 0.254 e. The number of carbonyl (C=O) groups excluding carboxylic acids is 1. The smallest absolute Gasteiger partial charge is 0.254 e. The van der Waals surface area contributed by atoms with E-state index in [1.807, 2.05) is 24.3 Å². The van der Waals surface area contributed by atoms with Gasteiger partial charge in [-0.3, -0.25) is 9.69 Å². The monoisotopic (exact) mass is 380 g/mol. The van der Waals surface area contributed by atoms with Crippen molar-refractivity contribution in [1.82, 2.24) is 19.8 Å². The molecule has 0 spiro atoms. The first-order valence-electron chi connectivity index (χ1n) is 10.3. The molecule has 1 amide bonds. The molecular formula is C22H28N4O2. The second-order valence-electron chi connectivity index (χ2n) is 7.54. The average Bonchev–Trinajstić information content (AvgIpc) is 2.79. The minimum absolute atomic E-state index is 0.146. The minimum Gasteiger partial charge on any atom is -0.379 e. The van der Waals surface area contributed by atoms with Crippen LogP contribution in [0.25, 0.3) is 11.4 Å². The van der Waals surface area contributed by atoms with Crippen molar-refractivity contribution < 1.29 is 9.53 Å². The Morgan fingerprint density at radius 2 is 1.79 bits per heavy atom. The van der Waals surface area contributed by atoms with Gasteiger partial charge in [0.1, 0.15) is 0 Å². The molecule has 0 saturated carbocycles. The largest absolute Gasteiger partial charge is 0.379 e. The van der Waals surface area contributed by atoms with Crippen molar-refractivity contribution in [3.63, 3.8) is 0 Å². The maximum atomic E-state index is 13.2. The van der Waals surface area contributed by atoms with Crippen molar-refractivity contribution >= 4 is 5.91 Å². The van der Waals surface area contributed by atoms with Crippen LogP contribution < -0.4 is 0 Å². The fraction of sp³-hybridized carbons (Fsp3) is 0.500. The molecule has 2 aromatic rings. The van der Waals surface area contributed by atoms with Crippen molar-refractivity contribution in [2.45, 2.75) is 31.7 Å². The molecule has 1 aromatic heterocycles. The number of hydrogen-bond donors (Lipinski definition) is 0. The summed E-state index contributed by atoms with van der Waals surface area (Å²) in [5, 5.41) is 0. The number of morpholine rings is 1. The summed E-state index contributed by atoms with van der Waals surface area (Å²) in [7, 11) is 0. The number of ether oxygens (including phenoxy) is 1. The fourth-order valence-electron chi connectivity index (χ4n) is 4.10. The Morgan fingerprint density at radius 3 is 2.54 bits per heavy atom. The molecule has 0 bridgehead atoms. The van der Waals surface area contributed by atoms with Gasteiger partial charge in [0, 0.05) is 55.7 Å². The number of carbonyl (C=O) groups is 1. The molecule has 6 heteroatoms. The summed E-state index contributed by atoms with van der Waals surface area (Å²) in [6.07, 6.45) is 7.91. The van der Waals surface area contributed by atoms with E-state index in [0.717, 1.165) is 69.8 Å². The Hall–Kier alpha value is -2.31. The first kappa shape index (κ1) is 19.0. The number of likely N-dealkylation sites (tertiary alicyclic amines) is 1. The quantitative estimate of drug-likeness (QED) is 0.798. The van der Waals surface area contributed by atoms with Crippen molar-refractivity contribution in [2.75, 3.05) is 39.4 Å². The van der Waals surface area contributed by atoms with Gasteiger partial charge in [0.25, 0.3) is 5.91 Å². The van der Waals surface area contributed by atoms with Crippen LogP contribution in [-0.4, -0.2) is 71.1 Å². The zero-order valence-corrected chi connectivity index (χ0v) is 16.3. The third kappa shape index (κ3) is 4.56. The molecule has 1 atom stereocenters. The van der Waals surface area contributed by atoms with E-state index in [0.29, 0.717) is 11.9 Å². The van der Waals surface area contributed by atoms with Gasteiger partial charge in [-0.2, -0.15) is 0 Å². The van der Waals surface area contributed by atoms with E-state index in [-0.39, 0.29) is 5.91 Å². The highest BCUT2D eigenvalue weighted by atomic mass is 16.5. The van der Waals surface area contributed by atoms with E-state index in [4.69, 9.17) is 4.74 Å². The number of nitrogens with zero attached hydrogens (tertiary/aromatic N) is 4. The molecule has 2 saturated heterocycles. The van der Waals surface area contributed by atoms with Crippen molar-refractivity contribution in [3.8, 4) is 11.4 Å². The molecule has 0 N–H and O–H groups in total. The molecule has 2 fully saturated rings. The predicted molar refractivity (Wildman–Crippen MR) is 108 cm³/mol. The highest BCUT2D eigenvalue weighted by molar-refractivity contribution is 5.94. The Bertz CT molecular complexity index is 760.